The van der Waals surface area contributed by atoms with Gasteiger partial charge in [-0.05, 0) is 54.5 Å². The van der Waals surface area contributed by atoms with Crippen LogP contribution in [-0.4, -0.2) is 11.6 Å². The maximum absolute atomic E-state index is 12.6. The van der Waals surface area contributed by atoms with Crippen molar-refractivity contribution in [3.63, 3.8) is 0 Å². The van der Waals surface area contributed by atoms with Gasteiger partial charge in [0.1, 0.15) is 5.92 Å². The van der Waals surface area contributed by atoms with Gasteiger partial charge in [-0.2, -0.15) is 0 Å². The Kier molecular flexibility index (Phi) is 4.12. The van der Waals surface area contributed by atoms with Crippen LogP contribution in [0.15, 0.2) is 34.3 Å². The molecule has 1 aromatic rings. The number of Topliss-reactive ketones (excluding diaryl/α,β-unsaturated/α-hetero) is 2. The lowest BCUT2D eigenvalue weighted by molar-refractivity contribution is -0.131. The lowest BCUT2D eigenvalue weighted by Crippen LogP contribution is -2.33. The molecular weight excluding hydrogens is 328 g/mol. The van der Waals surface area contributed by atoms with Gasteiger partial charge >= 0.3 is 0 Å². The molecule has 0 aromatic heterocycles. The van der Waals surface area contributed by atoms with Crippen LogP contribution < -0.4 is 0 Å². The van der Waals surface area contributed by atoms with E-state index < -0.39 is 5.92 Å². The number of unbranched alkanes of at least 4 members (excludes halogenated alkanes) is 1. The first-order chi connectivity index (χ1) is 10.1. The van der Waals surface area contributed by atoms with E-state index in [0.717, 1.165) is 46.9 Å². The zero-order chi connectivity index (χ0) is 15.0. The summed E-state index contributed by atoms with van der Waals surface area (Å²) in [5.74, 6) is -0.366. The Morgan fingerprint density at radius 1 is 1.29 bits per heavy atom. The highest BCUT2D eigenvalue weighted by Gasteiger charge is 2.43. The van der Waals surface area contributed by atoms with Crippen LogP contribution in [0.1, 0.15) is 49.7 Å². The Balaban J connectivity index is 2.01. The van der Waals surface area contributed by atoms with E-state index in [2.05, 4.69) is 28.9 Å². The summed E-state index contributed by atoms with van der Waals surface area (Å²) in [5, 5.41) is 0. The second-order valence-electron chi connectivity index (χ2n) is 6.01. The molecule has 0 saturated heterocycles. The molecule has 1 fully saturated rings. The molecule has 0 spiro atoms. The van der Waals surface area contributed by atoms with Crippen molar-refractivity contribution in [2.24, 2.45) is 5.92 Å². The summed E-state index contributed by atoms with van der Waals surface area (Å²) in [4.78, 5) is 25.2. The van der Waals surface area contributed by atoms with Crippen molar-refractivity contribution in [2.45, 2.75) is 44.9 Å². The lowest BCUT2D eigenvalue weighted by atomic mass is 9.75. The van der Waals surface area contributed by atoms with E-state index in [9.17, 15) is 9.59 Å². The van der Waals surface area contributed by atoms with Gasteiger partial charge in [-0.1, -0.05) is 41.4 Å². The van der Waals surface area contributed by atoms with Crippen LogP contribution in [0, 0.1) is 5.92 Å². The Labute approximate surface area is 133 Å². The average Bonchev–Trinajstić information content (AvgIpc) is 2.92. The summed E-state index contributed by atoms with van der Waals surface area (Å²) < 4.78 is 1.01. The highest BCUT2D eigenvalue weighted by molar-refractivity contribution is 9.10. The van der Waals surface area contributed by atoms with Gasteiger partial charge in [-0.15, -0.1) is 0 Å². The van der Waals surface area contributed by atoms with E-state index in [0.29, 0.717) is 6.42 Å². The number of ketones is 2. The van der Waals surface area contributed by atoms with Crippen molar-refractivity contribution < 1.29 is 9.59 Å². The molecular formula is C18H19BrO2. The molecule has 2 bridgehead atoms. The average molecular weight is 347 g/mol. The molecule has 0 N–H and O–H groups in total. The number of fused-ring (bicyclic) bond motifs is 2. The molecule has 0 heterocycles. The van der Waals surface area contributed by atoms with E-state index in [1.165, 1.54) is 0 Å². The van der Waals surface area contributed by atoms with Gasteiger partial charge < -0.3 is 0 Å². The minimum Gasteiger partial charge on any atom is -0.298 e. The molecule has 0 amide bonds. The minimum absolute atomic E-state index is 0.0328. The van der Waals surface area contributed by atoms with Crippen molar-refractivity contribution in [3.8, 4) is 0 Å². The zero-order valence-corrected chi connectivity index (χ0v) is 13.8. The highest BCUT2D eigenvalue weighted by Crippen LogP contribution is 2.41. The maximum Gasteiger partial charge on any atom is 0.173 e. The SMILES string of the molecule is CCCCc1cc(Br)ccc1C1C(=O)C2=CCC(C2)C1=O. The van der Waals surface area contributed by atoms with Gasteiger partial charge in [0.25, 0.3) is 0 Å². The van der Waals surface area contributed by atoms with Crippen molar-refractivity contribution in [1.82, 2.24) is 0 Å². The third kappa shape index (κ3) is 2.64. The van der Waals surface area contributed by atoms with Gasteiger partial charge in [0.2, 0.25) is 0 Å². The summed E-state index contributed by atoms with van der Waals surface area (Å²) >= 11 is 3.50. The topological polar surface area (TPSA) is 34.1 Å². The molecule has 1 aromatic carbocycles. The normalized spacial score (nSPS) is 24.4. The third-order valence-electron chi connectivity index (χ3n) is 4.60. The van der Waals surface area contributed by atoms with Gasteiger partial charge in [0.05, 0.1) is 0 Å². The number of aryl methyl sites for hydroxylation is 1. The van der Waals surface area contributed by atoms with E-state index >= 15 is 0 Å². The van der Waals surface area contributed by atoms with Crippen LogP contribution in [-0.2, 0) is 16.0 Å². The number of allylic oxidation sites excluding steroid dienone is 2. The zero-order valence-electron chi connectivity index (χ0n) is 12.2. The summed E-state index contributed by atoms with van der Waals surface area (Å²) in [7, 11) is 0. The number of rotatable bonds is 4. The molecule has 2 unspecified atom stereocenters. The largest absolute Gasteiger partial charge is 0.298 e. The molecule has 2 atom stereocenters. The Bertz CT molecular complexity index is 630. The maximum atomic E-state index is 12.6. The molecule has 21 heavy (non-hydrogen) atoms. The third-order valence-corrected chi connectivity index (χ3v) is 5.09. The van der Waals surface area contributed by atoms with Crippen LogP contribution in [0.5, 0.6) is 0 Å². The van der Waals surface area contributed by atoms with Gasteiger partial charge in [0, 0.05) is 10.4 Å². The van der Waals surface area contributed by atoms with Crippen molar-refractivity contribution in [1.29, 1.82) is 0 Å². The minimum atomic E-state index is -0.558. The second-order valence-corrected chi connectivity index (χ2v) is 6.93. The number of hydrogen-bond donors (Lipinski definition) is 0. The van der Waals surface area contributed by atoms with E-state index in [1.54, 1.807) is 0 Å². The molecule has 2 aliphatic rings. The number of halogens is 1. The van der Waals surface area contributed by atoms with Gasteiger partial charge in [-0.3, -0.25) is 9.59 Å². The van der Waals surface area contributed by atoms with E-state index in [1.807, 2.05) is 18.2 Å². The standard InChI is InChI=1S/C18H19BrO2/c1-2-3-4-11-10-14(19)7-8-15(11)16-17(20)12-5-6-13(9-12)18(16)21/h5,7-8,10,13,16H,2-4,6,9H2,1H3. The number of benzene rings is 1. The van der Waals surface area contributed by atoms with Gasteiger partial charge in [0.15, 0.2) is 11.6 Å². The van der Waals surface area contributed by atoms with Gasteiger partial charge in [-0.25, -0.2) is 0 Å². The molecule has 2 aliphatic carbocycles. The summed E-state index contributed by atoms with van der Waals surface area (Å²) in [6, 6.07) is 5.97. The van der Waals surface area contributed by atoms with Crippen LogP contribution in [0.4, 0.5) is 0 Å². The molecule has 1 saturated carbocycles. The summed E-state index contributed by atoms with van der Waals surface area (Å²) in [5.41, 5.74) is 2.94. The molecule has 0 radical (unpaired) electrons. The monoisotopic (exact) mass is 346 g/mol. The van der Waals surface area contributed by atoms with Crippen LogP contribution in [0.25, 0.3) is 0 Å². The lowest BCUT2D eigenvalue weighted by Gasteiger charge is -2.26. The first-order valence-corrected chi connectivity index (χ1v) is 8.46. The Morgan fingerprint density at radius 2 is 2.10 bits per heavy atom. The fourth-order valence-corrected chi connectivity index (χ4v) is 3.83. The smallest absolute Gasteiger partial charge is 0.173 e. The van der Waals surface area contributed by atoms with Crippen molar-refractivity contribution in [3.05, 3.63) is 45.4 Å². The summed E-state index contributed by atoms with van der Waals surface area (Å²) in [6.07, 6.45) is 6.48. The molecule has 3 rings (SSSR count). The molecule has 2 nitrogen and oxygen atoms in total. The molecule has 0 aliphatic heterocycles. The fraction of sp³-hybridized carbons (Fsp3) is 0.444. The predicted octanol–water partition coefficient (Wildman–Crippen LogP) is 4.36. The molecule has 110 valence electrons. The highest BCUT2D eigenvalue weighted by atomic mass is 79.9. The number of carbonyl (C=O) groups excluding carboxylic acids is 2. The number of carbonyl (C=O) groups is 2. The molecule has 3 heteroatoms. The summed E-state index contributed by atoms with van der Waals surface area (Å²) in [6.45, 7) is 2.15. The van der Waals surface area contributed by atoms with E-state index in [4.69, 9.17) is 0 Å². The van der Waals surface area contributed by atoms with E-state index in [-0.39, 0.29) is 17.5 Å². The Hall–Kier alpha value is -1.22. The number of hydrogen-bond acceptors (Lipinski definition) is 2. The van der Waals surface area contributed by atoms with Crippen LogP contribution >= 0.6 is 15.9 Å². The Morgan fingerprint density at radius 3 is 2.86 bits per heavy atom. The predicted molar refractivity (Wildman–Crippen MR) is 86.3 cm³/mol. The fourth-order valence-electron chi connectivity index (χ4n) is 3.42. The van der Waals surface area contributed by atoms with Crippen LogP contribution in [0.2, 0.25) is 0 Å². The van der Waals surface area contributed by atoms with Crippen molar-refractivity contribution in [2.75, 3.05) is 0 Å². The van der Waals surface area contributed by atoms with Crippen molar-refractivity contribution >= 4 is 27.5 Å². The van der Waals surface area contributed by atoms with Crippen LogP contribution in [0.3, 0.4) is 0 Å². The first-order valence-electron chi connectivity index (χ1n) is 7.67. The second kappa shape index (κ2) is 5.88. The first kappa shape index (κ1) is 14.7. The quantitative estimate of drug-likeness (QED) is 0.759.